The van der Waals surface area contributed by atoms with Gasteiger partial charge in [0.2, 0.25) is 0 Å². The molecule has 0 bridgehead atoms. The van der Waals surface area contributed by atoms with Gasteiger partial charge in [-0.3, -0.25) is 0 Å². The first-order chi connectivity index (χ1) is 10.1. The highest BCUT2D eigenvalue weighted by molar-refractivity contribution is 6.32. The Labute approximate surface area is 128 Å². The van der Waals surface area contributed by atoms with Crippen molar-refractivity contribution >= 4 is 11.6 Å². The summed E-state index contributed by atoms with van der Waals surface area (Å²) in [6, 6.07) is 9.89. The summed E-state index contributed by atoms with van der Waals surface area (Å²) >= 11 is 6.08. The number of ether oxygens (including phenoxy) is 1. The van der Waals surface area contributed by atoms with Crippen LogP contribution in [0.15, 0.2) is 36.4 Å². The number of hydrogen-bond acceptors (Lipinski definition) is 2. The van der Waals surface area contributed by atoms with Gasteiger partial charge in [-0.1, -0.05) is 29.5 Å². The van der Waals surface area contributed by atoms with Gasteiger partial charge in [0, 0.05) is 5.56 Å². The molecule has 0 aliphatic carbocycles. The van der Waals surface area contributed by atoms with Crippen LogP contribution in [0, 0.1) is 24.6 Å². The molecule has 4 heteroatoms. The topological polar surface area (TPSA) is 29.5 Å². The lowest BCUT2D eigenvalue weighted by atomic mass is 10.1. The third-order valence-corrected chi connectivity index (χ3v) is 3.05. The van der Waals surface area contributed by atoms with E-state index in [0.29, 0.717) is 21.9 Å². The van der Waals surface area contributed by atoms with E-state index in [1.165, 1.54) is 12.1 Å². The summed E-state index contributed by atoms with van der Waals surface area (Å²) in [6.45, 7) is 1.87. The summed E-state index contributed by atoms with van der Waals surface area (Å²) in [5.74, 6) is 5.31. The molecule has 108 valence electrons. The second-order valence-electron chi connectivity index (χ2n) is 4.53. The van der Waals surface area contributed by atoms with Gasteiger partial charge in [-0.25, -0.2) is 4.39 Å². The highest BCUT2D eigenvalue weighted by Crippen LogP contribution is 2.26. The van der Waals surface area contributed by atoms with E-state index >= 15 is 0 Å². The van der Waals surface area contributed by atoms with Crippen LogP contribution in [0.1, 0.15) is 16.7 Å². The lowest BCUT2D eigenvalue weighted by Crippen LogP contribution is -1.98. The van der Waals surface area contributed by atoms with Crippen molar-refractivity contribution in [3.8, 4) is 17.6 Å². The maximum atomic E-state index is 13.5. The number of hydrogen-bond donors (Lipinski definition) is 1. The minimum Gasteiger partial charge on any atom is -0.487 e. The predicted molar refractivity (Wildman–Crippen MR) is 80.9 cm³/mol. The van der Waals surface area contributed by atoms with Gasteiger partial charge >= 0.3 is 0 Å². The fourth-order valence-electron chi connectivity index (χ4n) is 1.83. The standard InChI is InChI=1S/C17H14ClFO2/c1-12-4-5-17(16(18)7-12)21-11-14-8-13(3-2-6-20)9-15(19)10-14/h4-5,7-10,20H,6,11H2,1H3. The number of benzene rings is 2. The van der Waals surface area contributed by atoms with E-state index in [-0.39, 0.29) is 13.2 Å². The second kappa shape index (κ2) is 7.12. The molecule has 0 spiro atoms. The highest BCUT2D eigenvalue weighted by atomic mass is 35.5. The maximum Gasteiger partial charge on any atom is 0.138 e. The van der Waals surface area contributed by atoms with Crippen molar-refractivity contribution in [1.29, 1.82) is 0 Å². The molecule has 0 unspecified atom stereocenters. The minimum atomic E-state index is -0.395. The number of aliphatic hydroxyl groups excluding tert-OH is 1. The fraction of sp³-hybridized carbons (Fsp3) is 0.176. The molecule has 0 saturated carbocycles. The van der Waals surface area contributed by atoms with Gasteiger partial charge in [0.15, 0.2) is 0 Å². The van der Waals surface area contributed by atoms with Gasteiger partial charge in [0.25, 0.3) is 0 Å². The molecule has 1 N–H and O–H groups in total. The Morgan fingerprint density at radius 2 is 2.05 bits per heavy atom. The van der Waals surface area contributed by atoms with Crippen LogP contribution in [-0.2, 0) is 6.61 Å². The summed E-state index contributed by atoms with van der Waals surface area (Å²) in [5.41, 5.74) is 2.19. The van der Waals surface area contributed by atoms with Crippen molar-refractivity contribution in [2.24, 2.45) is 0 Å². The SMILES string of the molecule is Cc1ccc(OCc2cc(F)cc(C#CCO)c2)c(Cl)c1. The van der Waals surface area contributed by atoms with Crippen LogP contribution in [0.2, 0.25) is 5.02 Å². The van der Waals surface area contributed by atoms with Crippen LogP contribution >= 0.6 is 11.6 Å². The molecule has 0 radical (unpaired) electrons. The van der Waals surface area contributed by atoms with Gasteiger partial charge in [0.05, 0.1) is 5.02 Å². The molecule has 2 aromatic carbocycles. The lowest BCUT2D eigenvalue weighted by molar-refractivity contribution is 0.305. The zero-order valence-corrected chi connectivity index (χ0v) is 12.2. The van der Waals surface area contributed by atoms with Gasteiger partial charge in [-0.15, -0.1) is 0 Å². The van der Waals surface area contributed by atoms with Gasteiger partial charge in [-0.05, 0) is 48.4 Å². The summed E-state index contributed by atoms with van der Waals surface area (Å²) in [6.07, 6.45) is 0. The molecule has 0 aliphatic rings. The average molecular weight is 305 g/mol. The van der Waals surface area contributed by atoms with Crippen LogP contribution in [-0.4, -0.2) is 11.7 Å². The monoisotopic (exact) mass is 304 g/mol. The largest absolute Gasteiger partial charge is 0.487 e. The molecule has 2 aromatic rings. The van der Waals surface area contributed by atoms with E-state index in [1.807, 2.05) is 13.0 Å². The van der Waals surface area contributed by atoms with Crippen LogP contribution in [0.3, 0.4) is 0 Å². The van der Waals surface area contributed by atoms with Crippen LogP contribution in [0.5, 0.6) is 5.75 Å². The smallest absolute Gasteiger partial charge is 0.138 e. The van der Waals surface area contributed by atoms with Gasteiger partial charge in [-0.2, -0.15) is 0 Å². The first-order valence-electron chi connectivity index (χ1n) is 6.36. The fourth-order valence-corrected chi connectivity index (χ4v) is 2.12. The van der Waals surface area contributed by atoms with Gasteiger partial charge in [0.1, 0.15) is 24.8 Å². The lowest BCUT2D eigenvalue weighted by Gasteiger charge is -2.09. The number of aliphatic hydroxyl groups is 1. The van der Waals surface area contributed by atoms with Crippen molar-refractivity contribution in [3.05, 3.63) is 63.9 Å². The third-order valence-electron chi connectivity index (χ3n) is 2.75. The molecule has 2 rings (SSSR count). The van der Waals surface area contributed by atoms with Crippen molar-refractivity contribution < 1.29 is 14.2 Å². The van der Waals surface area contributed by atoms with E-state index in [4.69, 9.17) is 21.4 Å². The Bertz CT molecular complexity index is 702. The van der Waals surface area contributed by atoms with Gasteiger partial charge < -0.3 is 9.84 Å². The Hall–Kier alpha value is -2.02. The number of rotatable bonds is 3. The van der Waals surface area contributed by atoms with Crippen molar-refractivity contribution in [2.45, 2.75) is 13.5 Å². The zero-order chi connectivity index (χ0) is 15.2. The molecule has 0 aromatic heterocycles. The number of aryl methyl sites for hydroxylation is 1. The maximum absolute atomic E-state index is 13.5. The number of halogens is 2. The van der Waals surface area contributed by atoms with E-state index in [2.05, 4.69) is 11.8 Å². The molecule has 0 heterocycles. The molecule has 0 fully saturated rings. The molecule has 21 heavy (non-hydrogen) atoms. The summed E-state index contributed by atoms with van der Waals surface area (Å²) < 4.78 is 19.1. The quantitative estimate of drug-likeness (QED) is 0.876. The summed E-state index contributed by atoms with van der Waals surface area (Å²) in [7, 11) is 0. The van der Waals surface area contributed by atoms with E-state index in [1.54, 1.807) is 18.2 Å². The Morgan fingerprint density at radius 1 is 1.24 bits per heavy atom. The molecular formula is C17H14ClFO2. The summed E-state index contributed by atoms with van der Waals surface area (Å²) in [5, 5.41) is 9.18. The highest BCUT2D eigenvalue weighted by Gasteiger charge is 2.04. The summed E-state index contributed by atoms with van der Waals surface area (Å²) in [4.78, 5) is 0. The van der Waals surface area contributed by atoms with Crippen LogP contribution in [0.25, 0.3) is 0 Å². The first kappa shape index (κ1) is 15.4. The average Bonchev–Trinajstić information content (AvgIpc) is 2.43. The molecule has 0 saturated heterocycles. The molecule has 0 amide bonds. The van der Waals surface area contributed by atoms with Crippen molar-refractivity contribution in [1.82, 2.24) is 0 Å². The molecule has 0 atom stereocenters. The van der Waals surface area contributed by atoms with Crippen molar-refractivity contribution in [3.63, 3.8) is 0 Å². The van der Waals surface area contributed by atoms with Crippen molar-refractivity contribution in [2.75, 3.05) is 6.61 Å². The Morgan fingerprint density at radius 3 is 2.76 bits per heavy atom. The van der Waals surface area contributed by atoms with E-state index in [0.717, 1.165) is 5.56 Å². The Kier molecular flexibility index (Phi) is 5.21. The minimum absolute atomic E-state index is 0.189. The van der Waals surface area contributed by atoms with E-state index < -0.39 is 5.82 Å². The second-order valence-corrected chi connectivity index (χ2v) is 4.94. The third kappa shape index (κ3) is 4.49. The zero-order valence-electron chi connectivity index (χ0n) is 11.5. The van der Waals surface area contributed by atoms with E-state index in [9.17, 15) is 4.39 Å². The predicted octanol–water partition coefficient (Wildman–Crippen LogP) is 3.71. The molecule has 2 nitrogen and oxygen atoms in total. The molecule has 0 aliphatic heterocycles. The van der Waals surface area contributed by atoms with Crippen LogP contribution in [0.4, 0.5) is 4.39 Å². The van der Waals surface area contributed by atoms with Crippen LogP contribution < -0.4 is 4.74 Å². The normalized spacial score (nSPS) is 9.90. The molecular weight excluding hydrogens is 291 g/mol. The first-order valence-corrected chi connectivity index (χ1v) is 6.74. The Balaban J connectivity index is 2.14.